The molecule has 4 N–H and O–H groups in total. The summed E-state index contributed by atoms with van der Waals surface area (Å²) in [5, 5.41) is 33.1. The predicted molar refractivity (Wildman–Crippen MR) is 185 cm³/mol. The van der Waals surface area contributed by atoms with E-state index in [9.17, 15) is 20.1 Å². The van der Waals surface area contributed by atoms with E-state index in [0.29, 0.717) is 12.8 Å². The van der Waals surface area contributed by atoms with Crippen molar-refractivity contribution < 1.29 is 20.1 Å². The predicted octanol–water partition coefficient (Wildman–Crippen LogP) is 10.1. The van der Waals surface area contributed by atoms with Gasteiger partial charge in [0.25, 0.3) is 0 Å². The Morgan fingerprint density at radius 2 is 0.884 bits per heavy atom. The summed E-state index contributed by atoms with van der Waals surface area (Å²) in [5.41, 5.74) is 0. The summed E-state index contributed by atoms with van der Waals surface area (Å²) < 4.78 is 0. The number of aliphatic hydroxyl groups excluding tert-OH is 3. The zero-order valence-corrected chi connectivity index (χ0v) is 28.8. The molecule has 0 spiro atoms. The highest BCUT2D eigenvalue weighted by Gasteiger charge is 2.23. The fourth-order valence-electron chi connectivity index (χ4n) is 5.83. The van der Waals surface area contributed by atoms with E-state index >= 15 is 0 Å². The van der Waals surface area contributed by atoms with E-state index in [2.05, 4.69) is 31.3 Å². The van der Waals surface area contributed by atoms with Crippen LogP contribution in [0.4, 0.5) is 0 Å². The quantitative estimate of drug-likeness (QED) is 0.0432. The number of carbonyl (C=O) groups excluding carboxylic acids is 1. The maximum atomic E-state index is 12.4. The summed E-state index contributed by atoms with van der Waals surface area (Å²) in [6.45, 7) is 4.21. The van der Waals surface area contributed by atoms with Crippen LogP contribution in [0, 0.1) is 0 Å². The van der Waals surface area contributed by atoms with Crippen molar-refractivity contribution in [1.82, 2.24) is 5.32 Å². The first-order valence-corrected chi connectivity index (χ1v) is 19.0. The maximum Gasteiger partial charge on any atom is 0.249 e. The number of carbonyl (C=O) groups is 1. The molecule has 0 aromatic carbocycles. The minimum Gasteiger partial charge on any atom is -0.394 e. The Kier molecular flexibility index (Phi) is 33.3. The van der Waals surface area contributed by atoms with E-state index in [-0.39, 0.29) is 6.61 Å². The molecule has 0 saturated carbocycles. The average Bonchev–Trinajstić information content (AvgIpc) is 3.01. The number of nitrogens with one attached hydrogen (secondary N) is 1. The van der Waals surface area contributed by atoms with Gasteiger partial charge >= 0.3 is 0 Å². The third kappa shape index (κ3) is 29.6. The largest absolute Gasteiger partial charge is 0.394 e. The molecule has 0 aromatic heterocycles. The number of unbranched alkanes of at least 4 members (excludes halogenated alkanes) is 24. The van der Waals surface area contributed by atoms with Gasteiger partial charge in [0.15, 0.2) is 0 Å². The van der Waals surface area contributed by atoms with Gasteiger partial charge in [-0.05, 0) is 38.5 Å². The molecule has 0 radical (unpaired) electrons. The van der Waals surface area contributed by atoms with E-state index in [4.69, 9.17) is 0 Å². The summed E-state index contributed by atoms with van der Waals surface area (Å²) in [4.78, 5) is 12.4. The van der Waals surface area contributed by atoms with Gasteiger partial charge in [0.1, 0.15) is 6.10 Å². The van der Waals surface area contributed by atoms with Crippen molar-refractivity contribution in [1.29, 1.82) is 0 Å². The van der Waals surface area contributed by atoms with Crippen molar-refractivity contribution in [2.45, 2.75) is 218 Å². The highest BCUT2D eigenvalue weighted by atomic mass is 16.3. The second-order valence-electron chi connectivity index (χ2n) is 13.1. The van der Waals surface area contributed by atoms with Gasteiger partial charge in [-0.3, -0.25) is 4.79 Å². The lowest BCUT2D eigenvalue weighted by atomic mass is 10.0. The summed E-state index contributed by atoms with van der Waals surface area (Å²) >= 11 is 0. The topological polar surface area (TPSA) is 89.8 Å². The standard InChI is InChI=1S/C38H75NO4/c1-3-5-7-9-11-13-15-16-17-18-19-20-21-23-25-27-29-31-33-37(42)38(43)39-35(34-40)36(41)32-30-28-26-24-22-14-12-10-8-6-4-2/h18-19,35-37,40-42H,3-17,20-34H2,1-2H3,(H,39,43)/b19-18-. The number of hydrogen-bond donors (Lipinski definition) is 4. The molecule has 0 aliphatic carbocycles. The van der Waals surface area contributed by atoms with Crippen molar-refractivity contribution >= 4 is 5.91 Å². The molecule has 43 heavy (non-hydrogen) atoms. The van der Waals surface area contributed by atoms with Crippen LogP contribution in [0.5, 0.6) is 0 Å². The lowest BCUT2D eigenvalue weighted by Crippen LogP contribution is -2.49. The molecule has 0 aliphatic rings. The molecule has 5 heteroatoms. The van der Waals surface area contributed by atoms with E-state index in [0.717, 1.165) is 32.1 Å². The van der Waals surface area contributed by atoms with E-state index < -0.39 is 24.2 Å². The molecular formula is C38H75NO4. The average molecular weight is 610 g/mol. The zero-order valence-electron chi connectivity index (χ0n) is 28.8. The molecule has 3 atom stereocenters. The van der Waals surface area contributed by atoms with Gasteiger partial charge in [0.05, 0.1) is 18.8 Å². The van der Waals surface area contributed by atoms with Crippen LogP contribution >= 0.6 is 0 Å². The number of hydrogen-bond acceptors (Lipinski definition) is 4. The van der Waals surface area contributed by atoms with Crippen LogP contribution in [0.15, 0.2) is 12.2 Å². The Balaban J connectivity index is 3.66. The number of aliphatic hydroxyl groups is 3. The van der Waals surface area contributed by atoms with Crippen LogP contribution in [0.1, 0.15) is 200 Å². The second kappa shape index (κ2) is 34.0. The van der Waals surface area contributed by atoms with Crippen molar-refractivity contribution in [3.05, 3.63) is 12.2 Å². The van der Waals surface area contributed by atoms with Crippen LogP contribution in [0.25, 0.3) is 0 Å². The monoisotopic (exact) mass is 610 g/mol. The molecule has 0 bridgehead atoms. The highest BCUT2D eigenvalue weighted by molar-refractivity contribution is 5.80. The van der Waals surface area contributed by atoms with Crippen molar-refractivity contribution in [3.63, 3.8) is 0 Å². The number of allylic oxidation sites excluding steroid dienone is 2. The van der Waals surface area contributed by atoms with Crippen LogP contribution in [0.3, 0.4) is 0 Å². The molecule has 0 aromatic rings. The second-order valence-corrected chi connectivity index (χ2v) is 13.1. The van der Waals surface area contributed by atoms with Gasteiger partial charge in [-0.15, -0.1) is 0 Å². The minimum absolute atomic E-state index is 0.313. The SMILES string of the molecule is CCCCCCCCCC/C=C\CCCCCCCCC(O)C(=O)NC(CO)C(O)CCCCCCCCCCCCC. The molecule has 1 amide bonds. The first-order chi connectivity index (χ1) is 21.1. The summed E-state index contributed by atoms with van der Waals surface area (Å²) in [5.74, 6) is -0.476. The molecule has 0 aliphatic heterocycles. The van der Waals surface area contributed by atoms with Gasteiger partial charge in [-0.2, -0.15) is 0 Å². The minimum atomic E-state index is -1.07. The van der Waals surface area contributed by atoms with Crippen LogP contribution in [-0.2, 0) is 4.79 Å². The van der Waals surface area contributed by atoms with Gasteiger partial charge in [-0.25, -0.2) is 0 Å². The maximum absolute atomic E-state index is 12.4. The summed E-state index contributed by atoms with van der Waals surface area (Å²) in [6, 6.07) is -0.709. The normalized spacial score (nSPS) is 13.9. The molecule has 3 unspecified atom stereocenters. The van der Waals surface area contributed by atoms with Gasteiger partial charge in [0, 0.05) is 0 Å². The number of rotatable bonds is 34. The van der Waals surface area contributed by atoms with Crippen LogP contribution in [-0.4, -0.2) is 46.1 Å². The molecule has 0 fully saturated rings. The smallest absolute Gasteiger partial charge is 0.249 e. The van der Waals surface area contributed by atoms with Gasteiger partial charge in [-0.1, -0.05) is 174 Å². The Morgan fingerprint density at radius 3 is 1.28 bits per heavy atom. The highest BCUT2D eigenvalue weighted by Crippen LogP contribution is 2.15. The third-order valence-corrected chi connectivity index (χ3v) is 8.88. The Bertz CT molecular complexity index is 596. The van der Waals surface area contributed by atoms with Crippen molar-refractivity contribution in [2.75, 3.05) is 6.61 Å². The lowest BCUT2D eigenvalue weighted by molar-refractivity contribution is -0.131. The Hall–Kier alpha value is -0.910. The van der Waals surface area contributed by atoms with Crippen molar-refractivity contribution in [2.24, 2.45) is 0 Å². The molecule has 0 rings (SSSR count). The summed E-state index contributed by atoms with van der Waals surface area (Å²) in [7, 11) is 0. The van der Waals surface area contributed by atoms with Crippen LogP contribution < -0.4 is 5.32 Å². The third-order valence-electron chi connectivity index (χ3n) is 8.88. The van der Waals surface area contributed by atoms with E-state index in [1.165, 1.54) is 141 Å². The van der Waals surface area contributed by atoms with E-state index in [1.807, 2.05) is 0 Å². The number of amides is 1. The van der Waals surface area contributed by atoms with Crippen LogP contribution in [0.2, 0.25) is 0 Å². The fraction of sp³-hybridized carbons (Fsp3) is 0.921. The Morgan fingerprint density at radius 1 is 0.535 bits per heavy atom. The Labute approximate surface area is 268 Å². The van der Waals surface area contributed by atoms with Gasteiger partial charge in [0.2, 0.25) is 5.91 Å². The molecule has 256 valence electrons. The molecule has 5 nitrogen and oxygen atoms in total. The first kappa shape index (κ1) is 42.1. The zero-order chi connectivity index (χ0) is 31.6. The molecular weight excluding hydrogens is 534 g/mol. The molecule has 0 heterocycles. The van der Waals surface area contributed by atoms with E-state index in [1.54, 1.807) is 0 Å². The fourth-order valence-corrected chi connectivity index (χ4v) is 5.83. The summed E-state index contributed by atoms with van der Waals surface area (Å²) in [6.07, 6.45) is 37.7. The van der Waals surface area contributed by atoms with Crippen molar-refractivity contribution in [3.8, 4) is 0 Å². The molecule has 0 saturated heterocycles. The lowest BCUT2D eigenvalue weighted by Gasteiger charge is -2.23. The van der Waals surface area contributed by atoms with Gasteiger partial charge < -0.3 is 20.6 Å². The first-order valence-electron chi connectivity index (χ1n) is 19.0.